The van der Waals surface area contributed by atoms with Gasteiger partial charge < -0.3 is 28.4 Å². The zero-order valence-corrected chi connectivity index (χ0v) is 11.6. The van der Waals surface area contributed by atoms with Crippen molar-refractivity contribution in [2.45, 2.75) is 51.8 Å². The number of ether oxygens (including phenoxy) is 6. The van der Waals surface area contributed by atoms with Gasteiger partial charge in [0.05, 0.1) is 25.4 Å². The molecule has 2 aliphatic rings. The van der Waals surface area contributed by atoms with Crippen LogP contribution in [0.2, 0.25) is 0 Å². The fourth-order valence-corrected chi connectivity index (χ4v) is 1.50. The van der Waals surface area contributed by atoms with Crippen LogP contribution in [0.1, 0.15) is 26.7 Å². The molecule has 2 heterocycles. The average molecular weight is 264 g/mol. The lowest BCUT2D eigenvalue weighted by Crippen LogP contribution is -2.31. The number of rotatable bonds is 2. The summed E-state index contributed by atoms with van der Waals surface area (Å²) in [5, 5.41) is 0. The molecular formula is C12H24O6. The largest absolute Gasteiger partial charge is 0.333 e. The van der Waals surface area contributed by atoms with Crippen molar-refractivity contribution in [3.63, 3.8) is 0 Å². The summed E-state index contributed by atoms with van der Waals surface area (Å²) < 4.78 is 30.1. The van der Waals surface area contributed by atoms with Gasteiger partial charge >= 0.3 is 0 Å². The van der Waals surface area contributed by atoms with Crippen LogP contribution in [0.25, 0.3) is 0 Å². The Bertz CT molecular complexity index is 191. The molecule has 4 atom stereocenters. The Hall–Kier alpha value is -0.240. The Labute approximate surface area is 108 Å². The standard InChI is InChI=1S/2C6H12O3/c2*1-5-3-4-8-6(7-2)9-5/h2*5-6H,3-4H2,1-2H3. The van der Waals surface area contributed by atoms with Crippen molar-refractivity contribution in [1.82, 2.24) is 0 Å². The minimum atomic E-state index is -0.436. The summed E-state index contributed by atoms with van der Waals surface area (Å²) in [5.41, 5.74) is 0. The Morgan fingerprint density at radius 1 is 0.778 bits per heavy atom. The van der Waals surface area contributed by atoms with Gasteiger partial charge in [0, 0.05) is 14.2 Å². The van der Waals surface area contributed by atoms with E-state index in [1.54, 1.807) is 14.2 Å². The molecule has 0 N–H and O–H groups in total. The smallest absolute Gasteiger partial charge is 0.271 e. The van der Waals surface area contributed by atoms with Crippen molar-refractivity contribution in [3.05, 3.63) is 0 Å². The zero-order chi connectivity index (χ0) is 13.4. The van der Waals surface area contributed by atoms with Gasteiger partial charge in [0.2, 0.25) is 0 Å². The van der Waals surface area contributed by atoms with E-state index in [9.17, 15) is 0 Å². The van der Waals surface area contributed by atoms with E-state index in [1.807, 2.05) is 13.8 Å². The quantitative estimate of drug-likeness (QED) is 0.753. The van der Waals surface area contributed by atoms with E-state index >= 15 is 0 Å². The van der Waals surface area contributed by atoms with Gasteiger partial charge in [-0.3, -0.25) is 0 Å². The van der Waals surface area contributed by atoms with Crippen LogP contribution in [0.3, 0.4) is 0 Å². The van der Waals surface area contributed by atoms with E-state index in [0.29, 0.717) is 0 Å². The highest BCUT2D eigenvalue weighted by molar-refractivity contribution is 4.53. The van der Waals surface area contributed by atoms with Gasteiger partial charge in [0.25, 0.3) is 13.0 Å². The van der Waals surface area contributed by atoms with Crippen molar-refractivity contribution < 1.29 is 28.4 Å². The van der Waals surface area contributed by atoms with Gasteiger partial charge in [-0.25, -0.2) is 0 Å². The van der Waals surface area contributed by atoms with E-state index in [-0.39, 0.29) is 12.2 Å². The van der Waals surface area contributed by atoms with Crippen LogP contribution >= 0.6 is 0 Å². The van der Waals surface area contributed by atoms with Gasteiger partial charge in [0.15, 0.2) is 0 Å². The van der Waals surface area contributed by atoms with E-state index in [2.05, 4.69) is 0 Å². The van der Waals surface area contributed by atoms with E-state index in [1.165, 1.54) is 0 Å². The molecule has 2 aliphatic heterocycles. The van der Waals surface area contributed by atoms with Gasteiger partial charge in [-0.1, -0.05) is 0 Å². The molecule has 0 saturated carbocycles. The minimum Gasteiger partial charge on any atom is -0.333 e. The molecule has 6 heteroatoms. The third-order valence-electron chi connectivity index (χ3n) is 2.63. The molecule has 0 bridgehead atoms. The molecule has 6 nitrogen and oxygen atoms in total. The van der Waals surface area contributed by atoms with Crippen molar-refractivity contribution in [2.24, 2.45) is 0 Å². The van der Waals surface area contributed by atoms with Gasteiger partial charge in [0.1, 0.15) is 0 Å². The van der Waals surface area contributed by atoms with Crippen molar-refractivity contribution >= 4 is 0 Å². The molecule has 0 spiro atoms. The molecule has 0 amide bonds. The zero-order valence-electron chi connectivity index (χ0n) is 11.6. The lowest BCUT2D eigenvalue weighted by atomic mass is 10.3. The van der Waals surface area contributed by atoms with Crippen molar-refractivity contribution in [1.29, 1.82) is 0 Å². The third kappa shape index (κ3) is 6.08. The van der Waals surface area contributed by atoms with E-state index in [4.69, 9.17) is 28.4 Å². The Balaban J connectivity index is 0.000000180. The Morgan fingerprint density at radius 2 is 1.17 bits per heavy atom. The Kier molecular flexibility index (Phi) is 7.73. The number of hydrogen-bond acceptors (Lipinski definition) is 6. The summed E-state index contributed by atoms with van der Waals surface area (Å²) in [5.74, 6) is 0. The SMILES string of the molecule is COC1OCCC(C)O1.COC1OCCC(C)O1. The van der Waals surface area contributed by atoms with Crippen LogP contribution in [-0.2, 0) is 28.4 Å². The fraction of sp³-hybridized carbons (Fsp3) is 1.00. The maximum absolute atomic E-state index is 5.19. The molecule has 0 aromatic rings. The molecule has 108 valence electrons. The molecule has 2 fully saturated rings. The predicted molar refractivity (Wildman–Crippen MR) is 63.8 cm³/mol. The number of methoxy groups -OCH3 is 2. The maximum Gasteiger partial charge on any atom is 0.271 e. The first-order valence-electron chi connectivity index (χ1n) is 6.25. The first-order chi connectivity index (χ1) is 8.65. The first kappa shape index (κ1) is 15.8. The van der Waals surface area contributed by atoms with Crippen molar-refractivity contribution in [2.75, 3.05) is 27.4 Å². The third-order valence-corrected chi connectivity index (χ3v) is 2.63. The summed E-state index contributed by atoms with van der Waals surface area (Å²) in [6.07, 6.45) is 2.45. The van der Waals surface area contributed by atoms with Crippen molar-refractivity contribution in [3.8, 4) is 0 Å². The highest BCUT2D eigenvalue weighted by Crippen LogP contribution is 2.11. The molecule has 2 rings (SSSR count). The number of hydrogen-bond donors (Lipinski definition) is 0. The summed E-state index contributed by atoms with van der Waals surface area (Å²) in [4.78, 5) is 0. The normalized spacial score (nSPS) is 36.7. The maximum atomic E-state index is 5.19. The molecule has 2 saturated heterocycles. The second-order valence-electron chi connectivity index (χ2n) is 4.26. The van der Waals surface area contributed by atoms with Crippen LogP contribution in [0, 0.1) is 0 Å². The van der Waals surface area contributed by atoms with E-state index < -0.39 is 13.0 Å². The highest BCUT2D eigenvalue weighted by atomic mass is 16.9. The van der Waals surface area contributed by atoms with Gasteiger partial charge in [-0.2, -0.15) is 0 Å². The fourth-order valence-electron chi connectivity index (χ4n) is 1.50. The van der Waals surface area contributed by atoms with Crippen LogP contribution in [-0.4, -0.2) is 52.6 Å². The molecule has 0 aromatic carbocycles. The highest BCUT2D eigenvalue weighted by Gasteiger charge is 2.18. The van der Waals surface area contributed by atoms with Crippen LogP contribution < -0.4 is 0 Å². The van der Waals surface area contributed by atoms with E-state index in [0.717, 1.165) is 26.1 Å². The minimum absolute atomic E-state index is 0.267. The monoisotopic (exact) mass is 264 g/mol. The van der Waals surface area contributed by atoms with Gasteiger partial charge in [-0.15, -0.1) is 0 Å². The molecule has 4 unspecified atom stereocenters. The van der Waals surface area contributed by atoms with Crippen LogP contribution in [0.15, 0.2) is 0 Å². The molecule has 18 heavy (non-hydrogen) atoms. The summed E-state index contributed by atoms with van der Waals surface area (Å²) in [7, 11) is 3.14. The summed E-state index contributed by atoms with van der Waals surface area (Å²) in [6.45, 7) is 4.62. The molecule has 0 aliphatic carbocycles. The lowest BCUT2D eigenvalue weighted by molar-refractivity contribution is -0.319. The lowest BCUT2D eigenvalue weighted by Gasteiger charge is -2.26. The Morgan fingerprint density at radius 3 is 1.39 bits per heavy atom. The van der Waals surface area contributed by atoms with Gasteiger partial charge in [-0.05, 0) is 26.7 Å². The molecular weight excluding hydrogens is 240 g/mol. The first-order valence-corrected chi connectivity index (χ1v) is 6.25. The second-order valence-corrected chi connectivity index (χ2v) is 4.26. The molecule has 0 radical (unpaired) electrons. The average Bonchev–Trinajstić information content (AvgIpc) is 2.39. The summed E-state index contributed by atoms with van der Waals surface area (Å²) in [6, 6.07) is 0. The summed E-state index contributed by atoms with van der Waals surface area (Å²) >= 11 is 0. The second kappa shape index (κ2) is 8.79. The molecule has 0 aromatic heterocycles. The topological polar surface area (TPSA) is 55.4 Å². The van der Waals surface area contributed by atoms with Crippen LogP contribution in [0.5, 0.6) is 0 Å². The predicted octanol–water partition coefficient (Wildman–Crippen LogP) is 1.48. The van der Waals surface area contributed by atoms with Crippen LogP contribution in [0.4, 0.5) is 0 Å².